The van der Waals surface area contributed by atoms with E-state index in [1.807, 2.05) is 0 Å². The molecule has 0 fully saturated rings. The molecule has 0 aromatic carbocycles. The van der Waals surface area contributed by atoms with Crippen molar-refractivity contribution in [2.75, 3.05) is 6.61 Å². The molecular weight excluding hydrogens is 176 g/mol. The van der Waals surface area contributed by atoms with Gasteiger partial charge in [-0.15, -0.1) is 0 Å². The van der Waals surface area contributed by atoms with E-state index in [-0.39, 0.29) is 6.61 Å². The predicted octanol–water partition coefficient (Wildman–Crippen LogP) is 2.73. The van der Waals surface area contributed by atoms with Crippen LogP contribution in [0.2, 0.25) is 0 Å². The molecule has 2 N–H and O–H groups in total. The van der Waals surface area contributed by atoms with Crippen LogP contribution in [0.15, 0.2) is 0 Å². The average molecular weight is 202 g/mol. The first-order valence-electron chi connectivity index (χ1n) is 6.05. The summed E-state index contributed by atoms with van der Waals surface area (Å²) in [4.78, 5) is 0. The minimum atomic E-state index is -0.503. The van der Waals surface area contributed by atoms with Gasteiger partial charge in [0, 0.05) is 0 Å². The van der Waals surface area contributed by atoms with Crippen LogP contribution >= 0.6 is 0 Å². The molecule has 0 unspecified atom stereocenters. The Labute approximate surface area is 88.3 Å². The van der Waals surface area contributed by atoms with E-state index in [1.165, 1.54) is 25.7 Å². The highest BCUT2D eigenvalue weighted by Crippen LogP contribution is 2.19. The number of hydrogen-bond donors (Lipinski definition) is 2. The first kappa shape index (κ1) is 13.9. The second-order valence-corrected chi connectivity index (χ2v) is 4.15. The molecule has 0 aromatic rings. The van der Waals surface area contributed by atoms with Crippen LogP contribution in [0.3, 0.4) is 0 Å². The first-order chi connectivity index (χ1) is 6.76. The summed E-state index contributed by atoms with van der Waals surface area (Å²) in [6.07, 6.45) is 7.68. The maximum Gasteiger partial charge on any atom is 0.0799 e. The summed E-state index contributed by atoms with van der Waals surface area (Å²) in [5.41, 5.74) is 0. The quantitative estimate of drug-likeness (QED) is 0.564. The molecule has 2 atom stereocenters. The molecule has 0 radical (unpaired) electrons. The molecule has 2 heteroatoms. The zero-order valence-corrected chi connectivity index (χ0v) is 9.71. The summed E-state index contributed by atoms with van der Waals surface area (Å²) < 4.78 is 0. The van der Waals surface area contributed by atoms with Crippen molar-refractivity contribution in [2.45, 2.75) is 64.9 Å². The van der Waals surface area contributed by atoms with E-state index in [9.17, 15) is 5.11 Å². The summed E-state index contributed by atoms with van der Waals surface area (Å²) in [6, 6.07) is 0. The van der Waals surface area contributed by atoms with Crippen LogP contribution in [-0.4, -0.2) is 22.9 Å². The molecule has 2 nitrogen and oxygen atoms in total. The molecular formula is C12H26O2. The standard InChI is InChI=1S/C12H26O2/c1-3-5-6-7-9-11(8-4-2)12(14)10-13/h11-14H,3-10H2,1-2H3/t11-,12-/m1/s1. The van der Waals surface area contributed by atoms with Crippen molar-refractivity contribution >= 4 is 0 Å². The third-order valence-electron chi connectivity index (χ3n) is 2.82. The van der Waals surface area contributed by atoms with E-state index in [2.05, 4.69) is 13.8 Å². The molecule has 0 rings (SSSR count). The van der Waals surface area contributed by atoms with Gasteiger partial charge in [0.05, 0.1) is 12.7 Å². The van der Waals surface area contributed by atoms with Crippen LogP contribution in [0.5, 0.6) is 0 Å². The van der Waals surface area contributed by atoms with Crippen LogP contribution < -0.4 is 0 Å². The van der Waals surface area contributed by atoms with Crippen molar-refractivity contribution < 1.29 is 10.2 Å². The van der Waals surface area contributed by atoms with E-state index in [0.717, 1.165) is 19.3 Å². The fraction of sp³-hybridized carbons (Fsp3) is 1.00. The van der Waals surface area contributed by atoms with Gasteiger partial charge in [0.15, 0.2) is 0 Å². The molecule has 14 heavy (non-hydrogen) atoms. The lowest BCUT2D eigenvalue weighted by atomic mass is 9.91. The topological polar surface area (TPSA) is 40.5 Å². The van der Waals surface area contributed by atoms with Crippen molar-refractivity contribution in [3.63, 3.8) is 0 Å². The van der Waals surface area contributed by atoms with Gasteiger partial charge in [-0.05, 0) is 18.8 Å². The summed E-state index contributed by atoms with van der Waals surface area (Å²) in [5.74, 6) is 0.307. The number of aliphatic hydroxyl groups excluding tert-OH is 2. The molecule has 0 amide bonds. The highest BCUT2D eigenvalue weighted by atomic mass is 16.3. The number of unbranched alkanes of at least 4 members (excludes halogenated alkanes) is 3. The summed E-state index contributed by atoms with van der Waals surface area (Å²) in [5, 5.41) is 18.4. The summed E-state index contributed by atoms with van der Waals surface area (Å²) in [6.45, 7) is 4.24. The smallest absolute Gasteiger partial charge is 0.0799 e. The molecule has 0 bridgehead atoms. The highest BCUT2D eigenvalue weighted by Gasteiger charge is 2.16. The second kappa shape index (κ2) is 9.47. The average Bonchev–Trinajstić information content (AvgIpc) is 2.21. The molecule has 0 spiro atoms. The molecule has 86 valence electrons. The van der Waals surface area contributed by atoms with E-state index >= 15 is 0 Å². The Morgan fingerprint density at radius 2 is 1.64 bits per heavy atom. The number of hydrogen-bond acceptors (Lipinski definition) is 2. The van der Waals surface area contributed by atoms with Gasteiger partial charge in [0.1, 0.15) is 0 Å². The maximum atomic E-state index is 9.56. The predicted molar refractivity (Wildman–Crippen MR) is 60.2 cm³/mol. The Balaban J connectivity index is 3.61. The Bertz CT molecular complexity index is 115. The second-order valence-electron chi connectivity index (χ2n) is 4.15. The molecule has 0 heterocycles. The van der Waals surface area contributed by atoms with Crippen molar-refractivity contribution in [3.05, 3.63) is 0 Å². The molecule has 0 aliphatic carbocycles. The lowest BCUT2D eigenvalue weighted by Crippen LogP contribution is -2.24. The van der Waals surface area contributed by atoms with Crippen molar-refractivity contribution in [1.29, 1.82) is 0 Å². The third-order valence-corrected chi connectivity index (χ3v) is 2.82. The summed E-state index contributed by atoms with van der Waals surface area (Å²) >= 11 is 0. The van der Waals surface area contributed by atoms with Crippen LogP contribution in [-0.2, 0) is 0 Å². The third kappa shape index (κ3) is 6.39. The normalized spacial score (nSPS) is 15.4. The largest absolute Gasteiger partial charge is 0.394 e. The fourth-order valence-corrected chi connectivity index (χ4v) is 1.88. The van der Waals surface area contributed by atoms with Crippen LogP contribution in [0.4, 0.5) is 0 Å². The fourth-order valence-electron chi connectivity index (χ4n) is 1.88. The minimum Gasteiger partial charge on any atom is -0.394 e. The van der Waals surface area contributed by atoms with Gasteiger partial charge in [-0.25, -0.2) is 0 Å². The van der Waals surface area contributed by atoms with Crippen LogP contribution in [0, 0.1) is 5.92 Å². The van der Waals surface area contributed by atoms with Gasteiger partial charge in [-0.2, -0.15) is 0 Å². The molecule has 0 aliphatic rings. The number of aliphatic hydroxyl groups is 2. The van der Waals surface area contributed by atoms with Crippen molar-refractivity contribution in [3.8, 4) is 0 Å². The maximum absolute atomic E-state index is 9.56. The minimum absolute atomic E-state index is 0.0849. The van der Waals surface area contributed by atoms with Gasteiger partial charge in [0.2, 0.25) is 0 Å². The van der Waals surface area contributed by atoms with Gasteiger partial charge >= 0.3 is 0 Å². The van der Waals surface area contributed by atoms with Gasteiger partial charge in [0.25, 0.3) is 0 Å². The Morgan fingerprint density at radius 3 is 2.14 bits per heavy atom. The monoisotopic (exact) mass is 202 g/mol. The first-order valence-corrected chi connectivity index (χ1v) is 6.05. The SMILES string of the molecule is CCCCCC[C@@H](CCC)[C@H](O)CO. The summed E-state index contributed by atoms with van der Waals surface area (Å²) in [7, 11) is 0. The van der Waals surface area contributed by atoms with Gasteiger partial charge < -0.3 is 10.2 Å². The highest BCUT2D eigenvalue weighted by molar-refractivity contribution is 4.67. The molecule has 0 saturated carbocycles. The molecule has 0 saturated heterocycles. The van der Waals surface area contributed by atoms with Crippen LogP contribution in [0.1, 0.15) is 58.8 Å². The van der Waals surface area contributed by atoms with Crippen LogP contribution in [0.25, 0.3) is 0 Å². The van der Waals surface area contributed by atoms with E-state index in [4.69, 9.17) is 5.11 Å². The zero-order chi connectivity index (χ0) is 10.8. The van der Waals surface area contributed by atoms with Crippen molar-refractivity contribution in [2.24, 2.45) is 5.92 Å². The van der Waals surface area contributed by atoms with E-state index < -0.39 is 6.10 Å². The Kier molecular flexibility index (Phi) is 9.42. The lowest BCUT2D eigenvalue weighted by molar-refractivity contribution is 0.0390. The van der Waals surface area contributed by atoms with Crippen molar-refractivity contribution in [1.82, 2.24) is 0 Å². The van der Waals surface area contributed by atoms with E-state index in [0.29, 0.717) is 5.92 Å². The number of rotatable bonds is 9. The lowest BCUT2D eigenvalue weighted by Gasteiger charge is -2.20. The molecule has 0 aromatic heterocycles. The Morgan fingerprint density at radius 1 is 0.929 bits per heavy atom. The van der Waals surface area contributed by atoms with Gasteiger partial charge in [-0.3, -0.25) is 0 Å². The Hall–Kier alpha value is -0.0800. The molecule has 0 aliphatic heterocycles. The zero-order valence-electron chi connectivity index (χ0n) is 9.71. The van der Waals surface area contributed by atoms with Gasteiger partial charge in [-0.1, -0.05) is 46.0 Å². The van der Waals surface area contributed by atoms with E-state index in [1.54, 1.807) is 0 Å².